The topological polar surface area (TPSA) is 43.4 Å². The Balaban J connectivity index is 3.12. The first-order valence-corrected chi connectivity index (χ1v) is 4.58. The van der Waals surface area contributed by atoms with Gasteiger partial charge in [0.15, 0.2) is 11.5 Å². The molecule has 1 heterocycles. The van der Waals surface area contributed by atoms with Gasteiger partial charge in [-0.25, -0.2) is 4.79 Å². The van der Waals surface area contributed by atoms with Crippen LogP contribution in [0.15, 0.2) is 13.6 Å². The van der Waals surface area contributed by atoms with E-state index in [-0.39, 0.29) is 5.41 Å². The van der Waals surface area contributed by atoms with E-state index in [1.54, 1.807) is 0 Å². The smallest absolute Gasteiger partial charge is 0.396 e. The molecule has 3 nitrogen and oxygen atoms in total. The van der Waals surface area contributed by atoms with Crippen LogP contribution in [-0.4, -0.2) is 0 Å². The van der Waals surface area contributed by atoms with Crippen LogP contribution < -0.4 is 5.82 Å². The normalized spacial score (nSPS) is 12.0. The van der Waals surface area contributed by atoms with E-state index >= 15 is 0 Å². The summed E-state index contributed by atoms with van der Waals surface area (Å²) in [5, 5.41) is 0. The molecule has 0 aliphatic rings. The summed E-state index contributed by atoms with van der Waals surface area (Å²) < 4.78 is 9.97. The first kappa shape index (κ1) is 10.1. The molecule has 74 valence electrons. The maximum absolute atomic E-state index is 10.9. The fraction of sp³-hybridized carbons (Fsp3) is 0.700. The predicted molar refractivity (Wildman–Crippen MR) is 49.9 cm³/mol. The summed E-state index contributed by atoms with van der Waals surface area (Å²) in [5.41, 5.74) is -0.156. The molecule has 0 saturated heterocycles. The summed E-state index contributed by atoms with van der Waals surface area (Å²) in [4.78, 5) is 10.9. The van der Waals surface area contributed by atoms with Crippen molar-refractivity contribution in [2.45, 2.75) is 46.0 Å². The maximum atomic E-state index is 10.9. The zero-order valence-electron chi connectivity index (χ0n) is 8.64. The molecule has 0 aliphatic heterocycles. The van der Waals surface area contributed by atoms with Crippen LogP contribution in [0.25, 0.3) is 0 Å². The van der Waals surface area contributed by atoms with Crippen molar-refractivity contribution in [2.75, 3.05) is 0 Å². The van der Waals surface area contributed by atoms with Crippen LogP contribution in [0, 0.1) is 0 Å². The van der Waals surface area contributed by atoms with Crippen LogP contribution in [0.5, 0.6) is 0 Å². The Morgan fingerprint density at radius 1 is 1.23 bits per heavy atom. The van der Waals surface area contributed by atoms with E-state index in [1.165, 1.54) is 0 Å². The van der Waals surface area contributed by atoms with Gasteiger partial charge in [-0.3, -0.25) is 0 Å². The third-order valence-corrected chi connectivity index (χ3v) is 1.80. The Bertz CT molecular complexity index is 325. The highest BCUT2D eigenvalue weighted by Gasteiger charge is 2.24. The average molecular weight is 184 g/mol. The van der Waals surface area contributed by atoms with Crippen molar-refractivity contribution >= 4 is 0 Å². The van der Waals surface area contributed by atoms with Crippen molar-refractivity contribution < 1.29 is 8.83 Å². The highest BCUT2D eigenvalue weighted by Crippen LogP contribution is 2.25. The van der Waals surface area contributed by atoms with Crippen molar-refractivity contribution in [1.29, 1.82) is 0 Å². The van der Waals surface area contributed by atoms with Crippen LogP contribution in [0.2, 0.25) is 0 Å². The van der Waals surface area contributed by atoms with E-state index < -0.39 is 5.82 Å². The molecule has 0 radical (unpaired) electrons. The van der Waals surface area contributed by atoms with Gasteiger partial charge in [-0.15, -0.1) is 0 Å². The molecule has 0 aliphatic carbocycles. The molecule has 0 N–H and O–H groups in total. The van der Waals surface area contributed by atoms with Crippen LogP contribution in [-0.2, 0) is 11.8 Å². The summed E-state index contributed by atoms with van der Waals surface area (Å²) >= 11 is 0. The minimum Gasteiger partial charge on any atom is -0.396 e. The lowest BCUT2D eigenvalue weighted by molar-refractivity contribution is 0.343. The second-order valence-electron chi connectivity index (χ2n) is 4.21. The molecule has 0 spiro atoms. The van der Waals surface area contributed by atoms with Crippen LogP contribution in [0.3, 0.4) is 0 Å². The molecule has 1 aromatic heterocycles. The molecule has 0 aromatic carbocycles. The molecular weight excluding hydrogens is 168 g/mol. The van der Waals surface area contributed by atoms with E-state index in [2.05, 4.69) is 0 Å². The van der Waals surface area contributed by atoms with Crippen LogP contribution in [0.4, 0.5) is 0 Å². The first-order chi connectivity index (χ1) is 5.95. The van der Waals surface area contributed by atoms with Gasteiger partial charge in [0.2, 0.25) is 0 Å². The molecule has 0 atom stereocenters. The molecule has 3 heteroatoms. The van der Waals surface area contributed by atoms with E-state index in [4.69, 9.17) is 8.83 Å². The number of aryl methyl sites for hydroxylation is 1. The molecule has 0 fully saturated rings. The SMILES string of the molecule is CCCc1oc(=O)oc1C(C)(C)C. The van der Waals surface area contributed by atoms with Gasteiger partial charge in [-0.05, 0) is 6.42 Å². The zero-order valence-corrected chi connectivity index (χ0v) is 8.64. The number of hydrogen-bond donors (Lipinski definition) is 0. The van der Waals surface area contributed by atoms with Gasteiger partial charge in [-0.2, -0.15) is 0 Å². The fourth-order valence-electron chi connectivity index (χ4n) is 1.27. The molecular formula is C10H16O3. The van der Waals surface area contributed by atoms with Crippen molar-refractivity contribution in [1.82, 2.24) is 0 Å². The lowest BCUT2D eigenvalue weighted by atomic mass is 9.91. The monoisotopic (exact) mass is 184 g/mol. The summed E-state index contributed by atoms with van der Waals surface area (Å²) in [6.45, 7) is 8.04. The lowest BCUT2D eigenvalue weighted by Gasteiger charge is -2.14. The van der Waals surface area contributed by atoms with Gasteiger partial charge in [0.1, 0.15) is 0 Å². The Morgan fingerprint density at radius 3 is 2.31 bits per heavy atom. The van der Waals surface area contributed by atoms with Gasteiger partial charge in [0.25, 0.3) is 0 Å². The summed E-state index contributed by atoms with van der Waals surface area (Å²) in [5.74, 6) is 0.785. The summed E-state index contributed by atoms with van der Waals surface area (Å²) in [6.07, 6.45) is 1.71. The van der Waals surface area contributed by atoms with Crippen molar-refractivity contribution in [3.63, 3.8) is 0 Å². The zero-order chi connectivity index (χ0) is 10.1. The predicted octanol–water partition coefficient (Wildman–Crippen LogP) is 2.48. The van der Waals surface area contributed by atoms with E-state index in [1.807, 2.05) is 27.7 Å². The molecule has 0 amide bonds. The number of rotatable bonds is 2. The van der Waals surface area contributed by atoms with E-state index in [9.17, 15) is 4.79 Å². The molecule has 0 bridgehead atoms. The second-order valence-corrected chi connectivity index (χ2v) is 4.21. The minimum atomic E-state index is -0.589. The Kier molecular flexibility index (Phi) is 2.64. The lowest BCUT2D eigenvalue weighted by Crippen LogP contribution is -2.12. The molecule has 0 unspecified atom stereocenters. The maximum Gasteiger partial charge on any atom is 0.519 e. The van der Waals surface area contributed by atoms with E-state index in [0.29, 0.717) is 11.5 Å². The molecule has 1 aromatic rings. The minimum absolute atomic E-state index is 0.156. The van der Waals surface area contributed by atoms with Crippen LogP contribution in [0.1, 0.15) is 45.6 Å². The van der Waals surface area contributed by atoms with Gasteiger partial charge in [0, 0.05) is 11.8 Å². The van der Waals surface area contributed by atoms with Gasteiger partial charge < -0.3 is 8.83 Å². The van der Waals surface area contributed by atoms with Crippen molar-refractivity contribution in [3.8, 4) is 0 Å². The quantitative estimate of drug-likeness (QED) is 0.709. The summed E-state index contributed by atoms with van der Waals surface area (Å²) in [6, 6.07) is 0. The van der Waals surface area contributed by atoms with Crippen LogP contribution >= 0.6 is 0 Å². The number of hydrogen-bond acceptors (Lipinski definition) is 3. The highest BCUT2D eigenvalue weighted by molar-refractivity contribution is 5.13. The largest absolute Gasteiger partial charge is 0.519 e. The molecule has 1 rings (SSSR count). The Labute approximate surface area is 77.7 Å². The highest BCUT2D eigenvalue weighted by atomic mass is 16.6. The summed E-state index contributed by atoms with van der Waals surface area (Å²) in [7, 11) is 0. The second kappa shape index (κ2) is 3.40. The first-order valence-electron chi connectivity index (χ1n) is 4.58. The standard InChI is InChI=1S/C10H16O3/c1-5-6-7-8(10(2,3)4)13-9(11)12-7/h5-6H2,1-4H3. The van der Waals surface area contributed by atoms with E-state index in [0.717, 1.165) is 12.8 Å². The Morgan fingerprint density at radius 2 is 1.85 bits per heavy atom. The third-order valence-electron chi connectivity index (χ3n) is 1.80. The molecule has 0 saturated carbocycles. The fourth-order valence-corrected chi connectivity index (χ4v) is 1.27. The van der Waals surface area contributed by atoms with Crippen molar-refractivity contribution in [2.24, 2.45) is 0 Å². The molecule has 13 heavy (non-hydrogen) atoms. The van der Waals surface area contributed by atoms with Gasteiger partial charge in [0.05, 0.1) is 0 Å². The average Bonchev–Trinajstić information content (AvgIpc) is 2.30. The Hall–Kier alpha value is -0.990. The van der Waals surface area contributed by atoms with Crippen molar-refractivity contribution in [3.05, 3.63) is 22.1 Å². The van der Waals surface area contributed by atoms with Gasteiger partial charge >= 0.3 is 5.82 Å². The third kappa shape index (κ3) is 2.23. The van der Waals surface area contributed by atoms with Gasteiger partial charge in [-0.1, -0.05) is 27.7 Å².